The van der Waals surface area contributed by atoms with E-state index < -0.39 is 8.32 Å². The fourth-order valence-electron chi connectivity index (χ4n) is 5.03. The molecule has 0 aliphatic carbocycles. The van der Waals surface area contributed by atoms with Crippen LogP contribution in [0.25, 0.3) is 0 Å². The van der Waals surface area contributed by atoms with E-state index in [1.165, 1.54) is 10.4 Å². The summed E-state index contributed by atoms with van der Waals surface area (Å²) < 4.78 is 19.1. The maximum atomic E-state index is 9.99. The van der Waals surface area contributed by atoms with Crippen LogP contribution in [0.1, 0.15) is 60.3 Å². The van der Waals surface area contributed by atoms with Gasteiger partial charge >= 0.3 is 0 Å². The molecule has 1 N–H and O–H groups in total. The summed E-state index contributed by atoms with van der Waals surface area (Å²) in [5.41, 5.74) is 0. The summed E-state index contributed by atoms with van der Waals surface area (Å²) in [5, 5.41) is 12.4. The van der Waals surface area contributed by atoms with Crippen LogP contribution in [0.5, 0.6) is 0 Å². The highest BCUT2D eigenvalue weighted by Crippen LogP contribution is 2.38. The molecule has 4 nitrogen and oxygen atoms in total. The van der Waals surface area contributed by atoms with Gasteiger partial charge in [0.15, 0.2) is 6.29 Å². The van der Waals surface area contributed by atoms with Gasteiger partial charge in [0, 0.05) is 13.2 Å². The van der Waals surface area contributed by atoms with Crippen LogP contribution in [0.3, 0.4) is 0 Å². The van der Waals surface area contributed by atoms with E-state index in [4.69, 9.17) is 13.9 Å². The average Bonchev–Trinajstić information content (AvgIpc) is 2.86. The van der Waals surface area contributed by atoms with E-state index in [0.29, 0.717) is 6.42 Å². The second kappa shape index (κ2) is 13.0. The fourth-order valence-corrected chi connectivity index (χ4v) is 9.84. The summed E-state index contributed by atoms with van der Waals surface area (Å²) in [5.74, 6) is 0.113. The van der Waals surface area contributed by atoms with Crippen molar-refractivity contribution in [2.24, 2.45) is 5.92 Å². The number of aliphatic hydroxyl groups excluding tert-OH is 1. The number of benzene rings is 2. The van der Waals surface area contributed by atoms with Crippen LogP contribution in [0.4, 0.5) is 0 Å². The highest BCUT2D eigenvalue weighted by atomic mass is 28.4. The minimum absolute atomic E-state index is 0.0387. The minimum atomic E-state index is -2.70. The van der Waals surface area contributed by atoms with E-state index in [1.54, 1.807) is 0 Å². The third kappa shape index (κ3) is 7.14. The highest BCUT2D eigenvalue weighted by molar-refractivity contribution is 6.99. The summed E-state index contributed by atoms with van der Waals surface area (Å²) >= 11 is 0. The van der Waals surface area contributed by atoms with Gasteiger partial charge in [-0.2, -0.15) is 0 Å². The van der Waals surface area contributed by atoms with Crippen molar-refractivity contribution in [3.05, 3.63) is 72.8 Å². The monoisotopic (exact) mass is 496 g/mol. The SMILES string of the molecule is C[C@H](/C=C/[C@H](C)OC1CCCCO1)[C@@H](CCO)O[Si](c1ccccc1)(c1ccccc1)C(C)(C)C. The number of aliphatic hydroxyl groups is 1. The van der Waals surface area contributed by atoms with Crippen molar-refractivity contribution in [3.8, 4) is 0 Å². The zero-order chi connectivity index (χ0) is 25.3. The van der Waals surface area contributed by atoms with Gasteiger partial charge in [-0.15, -0.1) is 0 Å². The molecule has 1 aliphatic rings. The molecule has 4 atom stereocenters. The second-order valence-corrected chi connectivity index (χ2v) is 15.0. The lowest BCUT2D eigenvalue weighted by atomic mass is 10.0. The van der Waals surface area contributed by atoms with E-state index in [1.807, 2.05) is 0 Å². The maximum absolute atomic E-state index is 9.99. The fraction of sp³-hybridized carbons (Fsp3) is 0.533. The largest absolute Gasteiger partial charge is 0.404 e. The first-order valence-electron chi connectivity index (χ1n) is 13.1. The lowest BCUT2D eigenvalue weighted by Crippen LogP contribution is -2.68. The summed E-state index contributed by atoms with van der Waals surface area (Å²) in [4.78, 5) is 0. The van der Waals surface area contributed by atoms with Crippen molar-refractivity contribution in [2.75, 3.05) is 13.2 Å². The van der Waals surface area contributed by atoms with Crippen LogP contribution in [0, 0.1) is 5.92 Å². The average molecular weight is 497 g/mol. The molecule has 0 bridgehead atoms. The molecular weight excluding hydrogens is 452 g/mol. The molecule has 0 aromatic heterocycles. The molecule has 2 aromatic rings. The van der Waals surface area contributed by atoms with Gasteiger partial charge in [-0.1, -0.05) is 101 Å². The number of rotatable bonds is 11. The third-order valence-corrected chi connectivity index (χ3v) is 12.0. The topological polar surface area (TPSA) is 47.9 Å². The molecule has 1 saturated heterocycles. The van der Waals surface area contributed by atoms with Gasteiger partial charge in [0.2, 0.25) is 0 Å². The molecule has 0 saturated carbocycles. The van der Waals surface area contributed by atoms with Gasteiger partial charge in [-0.25, -0.2) is 0 Å². The Morgan fingerprint density at radius 3 is 2.06 bits per heavy atom. The van der Waals surface area contributed by atoms with Gasteiger partial charge in [0.25, 0.3) is 8.32 Å². The van der Waals surface area contributed by atoms with Gasteiger partial charge in [0.05, 0.1) is 12.2 Å². The van der Waals surface area contributed by atoms with E-state index in [-0.39, 0.29) is 36.1 Å². The summed E-state index contributed by atoms with van der Waals surface area (Å²) in [6.45, 7) is 12.0. The van der Waals surface area contributed by atoms with Crippen molar-refractivity contribution >= 4 is 18.7 Å². The molecule has 1 aliphatic heterocycles. The molecule has 0 amide bonds. The Morgan fingerprint density at radius 2 is 1.57 bits per heavy atom. The lowest BCUT2D eigenvalue weighted by Gasteiger charge is -2.46. The molecule has 192 valence electrons. The first-order valence-corrected chi connectivity index (χ1v) is 15.0. The highest BCUT2D eigenvalue weighted by Gasteiger charge is 2.51. The van der Waals surface area contributed by atoms with E-state index in [0.717, 1.165) is 25.9 Å². The number of hydrogen-bond donors (Lipinski definition) is 1. The third-order valence-electron chi connectivity index (χ3n) is 6.94. The summed E-state index contributed by atoms with van der Waals surface area (Å²) in [6.07, 6.45) is 7.83. The molecule has 1 fully saturated rings. The Balaban J connectivity index is 1.89. The predicted molar refractivity (Wildman–Crippen MR) is 147 cm³/mol. The lowest BCUT2D eigenvalue weighted by molar-refractivity contribution is -0.175. The molecule has 1 heterocycles. The van der Waals surface area contributed by atoms with Crippen molar-refractivity contribution in [1.82, 2.24) is 0 Å². The quantitative estimate of drug-likeness (QED) is 0.332. The Kier molecular flexibility index (Phi) is 10.3. The van der Waals surface area contributed by atoms with Gasteiger partial charge in [0.1, 0.15) is 0 Å². The van der Waals surface area contributed by atoms with E-state index in [2.05, 4.69) is 107 Å². The Morgan fingerprint density at radius 1 is 0.971 bits per heavy atom. The van der Waals surface area contributed by atoms with Crippen LogP contribution in [-0.4, -0.2) is 45.1 Å². The van der Waals surface area contributed by atoms with Crippen molar-refractivity contribution in [3.63, 3.8) is 0 Å². The molecule has 5 heteroatoms. The van der Waals surface area contributed by atoms with Crippen LogP contribution >= 0.6 is 0 Å². The van der Waals surface area contributed by atoms with Crippen molar-refractivity contribution in [2.45, 2.75) is 83.8 Å². The summed E-state index contributed by atoms with van der Waals surface area (Å²) in [7, 11) is -2.70. The van der Waals surface area contributed by atoms with Gasteiger partial charge in [-0.3, -0.25) is 0 Å². The smallest absolute Gasteiger partial charge is 0.261 e. The van der Waals surface area contributed by atoms with Crippen LogP contribution in [0.15, 0.2) is 72.8 Å². The second-order valence-electron chi connectivity index (χ2n) is 10.7. The number of ether oxygens (including phenoxy) is 2. The van der Waals surface area contributed by atoms with Crippen LogP contribution in [-0.2, 0) is 13.9 Å². The van der Waals surface area contributed by atoms with Crippen LogP contribution < -0.4 is 10.4 Å². The Hall–Kier alpha value is -1.76. The van der Waals surface area contributed by atoms with Crippen molar-refractivity contribution < 1.29 is 19.0 Å². The van der Waals surface area contributed by atoms with E-state index in [9.17, 15) is 5.11 Å². The molecular formula is C30H44O4Si. The van der Waals surface area contributed by atoms with Gasteiger partial charge in [-0.05, 0) is 53.9 Å². The number of hydrogen-bond acceptors (Lipinski definition) is 4. The first-order chi connectivity index (χ1) is 16.8. The van der Waals surface area contributed by atoms with Gasteiger partial charge < -0.3 is 19.0 Å². The normalized spacial score (nSPS) is 20.0. The Labute approximate surface area is 213 Å². The predicted octanol–water partition coefficient (Wildman–Crippen LogP) is 5.44. The standard InChI is InChI=1S/C30H44O4Si/c1-24(19-20-25(2)33-29-18-12-13-23-32-29)28(21-22-31)34-35(30(3,4)5,26-14-8-6-9-15-26)27-16-10-7-11-17-27/h6-11,14-17,19-20,24-25,28-29,31H,12-13,18,21-23H2,1-5H3/b20-19+/t24-,25+,28-,29?/m1/s1. The zero-order valence-corrected chi connectivity index (χ0v) is 23.2. The van der Waals surface area contributed by atoms with E-state index >= 15 is 0 Å². The summed E-state index contributed by atoms with van der Waals surface area (Å²) in [6, 6.07) is 21.4. The minimum Gasteiger partial charge on any atom is -0.404 e. The first kappa shape index (κ1) is 27.8. The van der Waals surface area contributed by atoms with Crippen LogP contribution in [0.2, 0.25) is 5.04 Å². The molecule has 1 unspecified atom stereocenters. The molecule has 2 aromatic carbocycles. The maximum Gasteiger partial charge on any atom is 0.261 e. The molecule has 0 radical (unpaired) electrons. The molecule has 35 heavy (non-hydrogen) atoms. The molecule has 0 spiro atoms. The van der Waals surface area contributed by atoms with Crippen molar-refractivity contribution in [1.29, 1.82) is 0 Å². The Bertz CT molecular complexity index is 848. The zero-order valence-electron chi connectivity index (χ0n) is 22.2. The molecule has 3 rings (SSSR count).